The van der Waals surface area contributed by atoms with E-state index in [0.29, 0.717) is 5.69 Å². The minimum atomic E-state index is -0.975. The van der Waals surface area contributed by atoms with Gasteiger partial charge >= 0.3 is 5.97 Å². The molecule has 0 aliphatic heterocycles. The Morgan fingerprint density at radius 1 is 1.29 bits per heavy atom. The van der Waals surface area contributed by atoms with E-state index < -0.39 is 5.97 Å². The summed E-state index contributed by atoms with van der Waals surface area (Å²) in [6, 6.07) is 5.16. The number of para-hydroxylation sites is 1. The van der Waals surface area contributed by atoms with Gasteiger partial charge in [0.2, 0.25) is 0 Å². The van der Waals surface area contributed by atoms with Crippen LogP contribution in [0.4, 0.5) is 11.4 Å². The molecule has 1 aromatic rings. The van der Waals surface area contributed by atoms with Crippen molar-refractivity contribution in [2.24, 2.45) is 0 Å². The molecule has 94 valence electrons. The summed E-state index contributed by atoms with van der Waals surface area (Å²) in [6.07, 6.45) is 2.02. The van der Waals surface area contributed by atoms with Crippen LogP contribution in [0.15, 0.2) is 18.2 Å². The molecule has 1 aromatic carbocycles. The van der Waals surface area contributed by atoms with Crippen LogP contribution < -0.4 is 10.6 Å². The van der Waals surface area contributed by atoms with E-state index in [0.717, 1.165) is 31.6 Å². The number of aromatic carboxylic acids is 1. The van der Waals surface area contributed by atoms with Crippen LogP contribution in [0.1, 0.15) is 37.0 Å². The highest BCUT2D eigenvalue weighted by Gasteiger charge is 2.14. The maximum absolute atomic E-state index is 11.0. The molecular formula is C13H20N2O2. The topological polar surface area (TPSA) is 66.6 Å². The Hall–Kier alpha value is -1.71. The Bertz CT molecular complexity index is 385. The number of anilines is 2. The second-order valence-electron chi connectivity index (χ2n) is 4.03. The maximum Gasteiger partial charge on any atom is 0.337 e. The van der Waals surface area contributed by atoms with Crippen LogP contribution >= 0.6 is 0 Å². The molecule has 4 nitrogen and oxygen atoms in total. The number of nitrogens with zero attached hydrogens (tertiary/aromatic N) is 1. The van der Waals surface area contributed by atoms with Crippen molar-refractivity contribution in [3.05, 3.63) is 23.8 Å². The number of benzene rings is 1. The van der Waals surface area contributed by atoms with Crippen LogP contribution in [0.25, 0.3) is 0 Å². The molecule has 0 spiro atoms. The highest BCUT2D eigenvalue weighted by atomic mass is 16.4. The van der Waals surface area contributed by atoms with E-state index in [1.807, 2.05) is 6.07 Å². The van der Waals surface area contributed by atoms with E-state index in [1.54, 1.807) is 6.07 Å². The highest BCUT2D eigenvalue weighted by Crippen LogP contribution is 2.27. The lowest BCUT2D eigenvalue weighted by Crippen LogP contribution is -2.26. The van der Waals surface area contributed by atoms with Crippen molar-refractivity contribution in [2.75, 3.05) is 23.7 Å². The number of carbonyl (C=O) groups is 1. The predicted molar refractivity (Wildman–Crippen MR) is 70.6 cm³/mol. The molecule has 0 atom stereocenters. The van der Waals surface area contributed by atoms with Crippen LogP contribution in [0.5, 0.6) is 0 Å². The van der Waals surface area contributed by atoms with Crippen LogP contribution in [-0.2, 0) is 0 Å². The summed E-state index contributed by atoms with van der Waals surface area (Å²) in [5.74, 6) is -0.975. The molecule has 3 N–H and O–H groups in total. The SMILES string of the molecule is CCCN(CCC)c1cccc(C(=O)O)c1N. The summed E-state index contributed by atoms with van der Waals surface area (Å²) < 4.78 is 0. The van der Waals surface area contributed by atoms with Crippen LogP contribution in [0, 0.1) is 0 Å². The van der Waals surface area contributed by atoms with Gasteiger partial charge in [-0.05, 0) is 25.0 Å². The molecule has 0 fully saturated rings. The molecule has 1 rings (SSSR count). The zero-order valence-corrected chi connectivity index (χ0v) is 10.4. The normalized spacial score (nSPS) is 10.2. The van der Waals surface area contributed by atoms with Crippen molar-refractivity contribution in [1.82, 2.24) is 0 Å². The monoisotopic (exact) mass is 236 g/mol. The van der Waals surface area contributed by atoms with Gasteiger partial charge in [0.25, 0.3) is 0 Å². The molecule has 4 heteroatoms. The third kappa shape index (κ3) is 3.12. The predicted octanol–water partition coefficient (Wildman–Crippen LogP) is 2.59. The van der Waals surface area contributed by atoms with Crippen molar-refractivity contribution in [2.45, 2.75) is 26.7 Å². The van der Waals surface area contributed by atoms with E-state index in [2.05, 4.69) is 18.7 Å². The Morgan fingerprint density at radius 2 is 1.88 bits per heavy atom. The highest BCUT2D eigenvalue weighted by molar-refractivity contribution is 5.97. The second kappa shape index (κ2) is 6.13. The Balaban J connectivity index is 3.10. The zero-order chi connectivity index (χ0) is 12.8. The molecule has 0 bridgehead atoms. The van der Waals surface area contributed by atoms with Gasteiger partial charge in [0.1, 0.15) is 0 Å². The van der Waals surface area contributed by atoms with Crippen molar-refractivity contribution >= 4 is 17.3 Å². The summed E-state index contributed by atoms with van der Waals surface area (Å²) in [5.41, 5.74) is 7.29. The lowest BCUT2D eigenvalue weighted by molar-refractivity contribution is 0.0698. The number of hydrogen-bond donors (Lipinski definition) is 2. The molecule has 0 amide bonds. The Labute approximate surface area is 102 Å². The lowest BCUT2D eigenvalue weighted by atomic mass is 10.1. The first-order valence-corrected chi connectivity index (χ1v) is 5.98. The van der Waals surface area contributed by atoms with Crippen LogP contribution in [-0.4, -0.2) is 24.2 Å². The van der Waals surface area contributed by atoms with Crippen molar-refractivity contribution in [3.63, 3.8) is 0 Å². The molecule has 17 heavy (non-hydrogen) atoms. The molecule has 0 aromatic heterocycles. The minimum Gasteiger partial charge on any atom is -0.478 e. The van der Waals surface area contributed by atoms with Gasteiger partial charge in [0.15, 0.2) is 0 Å². The van der Waals surface area contributed by atoms with Gasteiger partial charge in [0.05, 0.1) is 16.9 Å². The molecule has 0 saturated carbocycles. The van der Waals surface area contributed by atoms with Gasteiger partial charge in [-0.1, -0.05) is 19.9 Å². The number of rotatable bonds is 6. The van der Waals surface area contributed by atoms with Gasteiger partial charge in [-0.3, -0.25) is 0 Å². The average molecular weight is 236 g/mol. The fourth-order valence-corrected chi connectivity index (χ4v) is 1.91. The Morgan fingerprint density at radius 3 is 2.35 bits per heavy atom. The fourth-order valence-electron chi connectivity index (χ4n) is 1.91. The molecule has 0 heterocycles. The number of nitrogens with two attached hydrogens (primary N) is 1. The van der Waals surface area contributed by atoms with E-state index in [4.69, 9.17) is 10.8 Å². The number of carboxylic acids is 1. The summed E-state index contributed by atoms with van der Waals surface area (Å²) in [6.45, 7) is 5.97. The summed E-state index contributed by atoms with van der Waals surface area (Å²) in [5, 5.41) is 9.03. The maximum atomic E-state index is 11.0. The quantitative estimate of drug-likeness (QED) is 0.745. The van der Waals surface area contributed by atoms with E-state index in [1.165, 1.54) is 6.07 Å². The van der Waals surface area contributed by atoms with Crippen molar-refractivity contribution in [3.8, 4) is 0 Å². The van der Waals surface area contributed by atoms with E-state index in [-0.39, 0.29) is 5.56 Å². The zero-order valence-electron chi connectivity index (χ0n) is 10.4. The third-order valence-corrected chi connectivity index (χ3v) is 2.64. The first kappa shape index (κ1) is 13.4. The molecular weight excluding hydrogens is 216 g/mol. The van der Waals surface area contributed by atoms with Crippen LogP contribution in [0.3, 0.4) is 0 Å². The minimum absolute atomic E-state index is 0.180. The second-order valence-corrected chi connectivity index (χ2v) is 4.03. The van der Waals surface area contributed by atoms with E-state index >= 15 is 0 Å². The number of nitrogen functional groups attached to an aromatic ring is 1. The standard InChI is InChI=1S/C13H20N2O2/c1-3-8-15(9-4-2)11-7-5-6-10(12(11)14)13(16)17/h5-7H,3-4,8-9,14H2,1-2H3,(H,16,17). The van der Waals surface area contributed by atoms with Gasteiger partial charge in [0, 0.05) is 13.1 Å². The molecule has 0 saturated heterocycles. The van der Waals surface area contributed by atoms with Crippen molar-refractivity contribution in [1.29, 1.82) is 0 Å². The summed E-state index contributed by atoms with van der Waals surface area (Å²) in [7, 11) is 0. The van der Waals surface area contributed by atoms with Gasteiger partial charge in [-0.25, -0.2) is 4.79 Å². The molecule has 0 radical (unpaired) electrons. The molecule has 0 aliphatic carbocycles. The molecule has 0 aliphatic rings. The number of carboxylic acid groups (broad SMARTS) is 1. The first-order valence-electron chi connectivity index (χ1n) is 5.98. The summed E-state index contributed by atoms with van der Waals surface area (Å²) in [4.78, 5) is 13.2. The summed E-state index contributed by atoms with van der Waals surface area (Å²) >= 11 is 0. The van der Waals surface area contributed by atoms with Crippen LogP contribution in [0.2, 0.25) is 0 Å². The molecule has 0 unspecified atom stereocenters. The fraction of sp³-hybridized carbons (Fsp3) is 0.462. The smallest absolute Gasteiger partial charge is 0.337 e. The lowest BCUT2D eigenvalue weighted by Gasteiger charge is -2.25. The first-order chi connectivity index (χ1) is 8.11. The number of hydrogen-bond acceptors (Lipinski definition) is 3. The largest absolute Gasteiger partial charge is 0.478 e. The van der Waals surface area contributed by atoms with Crippen molar-refractivity contribution < 1.29 is 9.90 Å². The van der Waals surface area contributed by atoms with Gasteiger partial charge in [-0.2, -0.15) is 0 Å². The third-order valence-electron chi connectivity index (χ3n) is 2.64. The van der Waals surface area contributed by atoms with E-state index in [9.17, 15) is 4.79 Å². The average Bonchev–Trinajstić information content (AvgIpc) is 2.29. The Kier molecular flexibility index (Phi) is 4.82. The van der Waals surface area contributed by atoms with Gasteiger partial charge in [-0.15, -0.1) is 0 Å². The van der Waals surface area contributed by atoms with Gasteiger partial charge < -0.3 is 15.7 Å².